The molecule has 6 heteroatoms. The molecule has 0 spiro atoms. The van der Waals surface area contributed by atoms with E-state index in [0.29, 0.717) is 17.8 Å². The molecule has 3 N–H and O–H groups in total. The molecule has 0 aliphatic heterocycles. The van der Waals surface area contributed by atoms with E-state index in [9.17, 15) is 4.79 Å². The molecule has 0 saturated carbocycles. The van der Waals surface area contributed by atoms with Crippen LogP contribution in [-0.2, 0) is 6.54 Å². The molecule has 1 aromatic carbocycles. The Labute approximate surface area is 107 Å². The molecule has 0 unspecified atom stereocenters. The lowest BCUT2D eigenvalue weighted by Gasteiger charge is -2.06. The molecule has 0 radical (unpaired) electrons. The normalized spacial score (nSPS) is 10.2. The van der Waals surface area contributed by atoms with E-state index in [-0.39, 0.29) is 10.9 Å². The van der Waals surface area contributed by atoms with Crippen LogP contribution in [0.15, 0.2) is 29.1 Å². The van der Waals surface area contributed by atoms with Crippen LogP contribution in [0.1, 0.15) is 16.1 Å². The highest BCUT2D eigenvalue weighted by atomic mass is 35.5. The molecule has 2 aromatic rings. The zero-order valence-corrected chi connectivity index (χ0v) is 10.4. The predicted molar refractivity (Wildman–Crippen MR) is 69.1 cm³/mol. The van der Waals surface area contributed by atoms with Gasteiger partial charge in [-0.2, -0.15) is 0 Å². The van der Waals surface area contributed by atoms with E-state index < -0.39 is 0 Å². The van der Waals surface area contributed by atoms with Gasteiger partial charge in [0.25, 0.3) is 5.91 Å². The highest BCUT2D eigenvalue weighted by Gasteiger charge is 2.11. The number of benzene rings is 1. The number of hydrogen-bond donors (Lipinski definition) is 2. The molecular weight excluding hydrogens is 258 g/mol. The average molecular weight is 268 g/mol. The first-order chi connectivity index (χ1) is 8.18. The summed E-state index contributed by atoms with van der Waals surface area (Å²) < 4.78 is 0. The third-order valence-corrected chi connectivity index (χ3v) is 3.24. The summed E-state index contributed by atoms with van der Waals surface area (Å²) in [6.45, 7) is 0.382. The first kappa shape index (κ1) is 11.9. The summed E-state index contributed by atoms with van der Waals surface area (Å²) in [7, 11) is 0. The fourth-order valence-corrected chi connectivity index (χ4v) is 2.09. The van der Waals surface area contributed by atoms with Gasteiger partial charge in [0.2, 0.25) is 0 Å². The van der Waals surface area contributed by atoms with Crippen LogP contribution in [0.5, 0.6) is 0 Å². The number of amides is 1. The Bertz CT molecular complexity index is 528. The van der Waals surface area contributed by atoms with E-state index >= 15 is 0 Å². The van der Waals surface area contributed by atoms with Crippen molar-refractivity contribution in [3.8, 4) is 0 Å². The molecule has 1 aromatic heterocycles. The molecule has 0 saturated heterocycles. The van der Waals surface area contributed by atoms with Gasteiger partial charge in [-0.25, -0.2) is 4.98 Å². The van der Waals surface area contributed by atoms with Crippen LogP contribution in [0.3, 0.4) is 0 Å². The topological polar surface area (TPSA) is 68.0 Å². The van der Waals surface area contributed by atoms with E-state index in [4.69, 9.17) is 17.3 Å². The van der Waals surface area contributed by atoms with Gasteiger partial charge >= 0.3 is 0 Å². The maximum atomic E-state index is 11.8. The summed E-state index contributed by atoms with van der Waals surface area (Å²) in [6, 6.07) is 4.98. The largest absolute Gasteiger partial charge is 0.398 e. The van der Waals surface area contributed by atoms with Crippen molar-refractivity contribution in [3.63, 3.8) is 0 Å². The molecule has 0 aliphatic rings. The van der Waals surface area contributed by atoms with Gasteiger partial charge < -0.3 is 11.1 Å². The lowest BCUT2D eigenvalue weighted by Crippen LogP contribution is -2.23. The zero-order valence-electron chi connectivity index (χ0n) is 8.81. The Morgan fingerprint density at radius 3 is 3.06 bits per heavy atom. The van der Waals surface area contributed by atoms with Crippen molar-refractivity contribution >= 4 is 34.5 Å². The molecule has 0 aliphatic carbocycles. The first-order valence-electron chi connectivity index (χ1n) is 4.87. The van der Waals surface area contributed by atoms with Crippen molar-refractivity contribution in [1.29, 1.82) is 0 Å². The Morgan fingerprint density at radius 1 is 1.53 bits per heavy atom. The molecule has 4 nitrogen and oxygen atoms in total. The van der Waals surface area contributed by atoms with Crippen LogP contribution in [-0.4, -0.2) is 10.9 Å². The molecule has 17 heavy (non-hydrogen) atoms. The quantitative estimate of drug-likeness (QED) is 0.839. The van der Waals surface area contributed by atoms with E-state index in [0.717, 1.165) is 5.69 Å². The van der Waals surface area contributed by atoms with Crippen molar-refractivity contribution in [2.75, 3.05) is 5.73 Å². The lowest BCUT2D eigenvalue weighted by atomic mass is 10.2. The van der Waals surface area contributed by atoms with E-state index in [1.165, 1.54) is 11.3 Å². The van der Waals surface area contributed by atoms with Gasteiger partial charge in [-0.3, -0.25) is 4.79 Å². The summed E-state index contributed by atoms with van der Waals surface area (Å²) in [5.41, 5.74) is 8.94. The average Bonchev–Trinajstić information content (AvgIpc) is 2.82. The predicted octanol–water partition coefficient (Wildman–Crippen LogP) is 2.31. The van der Waals surface area contributed by atoms with Crippen molar-refractivity contribution in [3.05, 3.63) is 45.4 Å². The van der Waals surface area contributed by atoms with Gasteiger partial charge in [-0.15, -0.1) is 11.3 Å². The number of halogens is 1. The molecule has 88 valence electrons. The number of carbonyl (C=O) groups is 1. The Morgan fingerprint density at radius 2 is 2.35 bits per heavy atom. The standard InChI is InChI=1S/C11H10ClN3OS/c12-10-8(2-1-3-9(10)13)11(16)14-4-7-5-17-6-15-7/h1-3,5-6H,4,13H2,(H,14,16). The molecule has 0 fully saturated rings. The van der Waals surface area contributed by atoms with Crippen molar-refractivity contribution < 1.29 is 4.79 Å². The number of rotatable bonds is 3. The van der Waals surface area contributed by atoms with Crippen molar-refractivity contribution in [2.45, 2.75) is 6.54 Å². The highest BCUT2D eigenvalue weighted by Crippen LogP contribution is 2.22. The number of aromatic nitrogens is 1. The number of nitrogens with zero attached hydrogens (tertiary/aromatic N) is 1. The Hall–Kier alpha value is -1.59. The minimum Gasteiger partial charge on any atom is -0.398 e. The lowest BCUT2D eigenvalue weighted by molar-refractivity contribution is 0.0950. The summed E-state index contributed by atoms with van der Waals surface area (Å²) in [5, 5.41) is 4.89. The van der Waals surface area contributed by atoms with Crippen LogP contribution in [0, 0.1) is 0 Å². The van der Waals surface area contributed by atoms with Crippen LogP contribution in [0.25, 0.3) is 0 Å². The first-order valence-corrected chi connectivity index (χ1v) is 6.20. The maximum absolute atomic E-state index is 11.8. The summed E-state index contributed by atoms with van der Waals surface area (Å²) >= 11 is 7.43. The minimum atomic E-state index is -0.254. The molecule has 2 rings (SSSR count). The Kier molecular flexibility index (Phi) is 3.61. The number of nitrogens with two attached hydrogens (primary N) is 1. The van der Waals surface area contributed by atoms with Gasteiger partial charge in [-0.1, -0.05) is 17.7 Å². The monoisotopic (exact) mass is 267 g/mol. The van der Waals surface area contributed by atoms with Crippen LogP contribution in [0.4, 0.5) is 5.69 Å². The number of nitrogen functional groups attached to an aromatic ring is 1. The van der Waals surface area contributed by atoms with Crippen LogP contribution < -0.4 is 11.1 Å². The number of nitrogens with one attached hydrogen (secondary N) is 1. The van der Waals surface area contributed by atoms with Gasteiger partial charge in [-0.05, 0) is 12.1 Å². The third-order valence-electron chi connectivity index (χ3n) is 2.19. The maximum Gasteiger partial charge on any atom is 0.253 e. The van der Waals surface area contributed by atoms with Crippen LogP contribution >= 0.6 is 22.9 Å². The highest BCUT2D eigenvalue weighted by molar-refractivity contribution is 7.07. The number of carbonyl (C=O) groups excluding carboxylic acids is 1. The molecule has 1 heterocycles. The number of hydrogen-bond acceptors (Lipinski definition) is 4. The van der Waals surface area contributed by atoms with E-state index in [1.54, 1.807) is 23.7 Å². The summed E-state index contributed by atoms with van der Waals surface area (Å²) in [4.78, 5) is 15.9. The molecule has 1 amide bonds. The number of thiazole rings is 1. The smallest absolute Gasteiger partial charge is 0.253 e. The number of anilines is 1. The van der Waals surface area contributed by atoms with Crippen molar-refractivity contribution in [1.82, 2.24) is 10.3 Å². The SMILES string of the molecule is Nc1cccc(C(=O)NCc2cscn2)c1Cl. The second kappa shape index (κ2) is 5.16. The van der Waals surface area contributed by atoms with Gasteiger partial charge in [0.05, 0.1) is 34.0 Å². The summed E-state index contributed by atoms with van der Waals surface area (Å²) in [6.07, 6.45) is 0. The van der Waals surface area contributed by atoms with Gasteiger partial charge in [0.1, 0.15) is 0 Å². The van der Waals surface area contributed by atoms with E-state index in [1.807, 2.05) is 5.38 Å². The minimum absolute atomic E-state index is 0.254. The fraction of sp³-hybridized carbons (Fsp3) is 0.0909. The Balaban J connectivity index is 2.07. The van der Waals surface area contributed by atoms with Crippen LogP contribution in [0.2, 0.25) is 5.02 Å². The fourth-order valence-electron chi connectivity index (χ4n) is 1.32. The second-order valence-electron chi connectivity index (χ2n) is 3.37. The zero-order chi connectivity index (χ0) is 12.3. The van der Waals surface area contributed by atoms with Gasteiger partial charge in [0.15, 0.2) is 0 Å². The van der Waals surface area contributed by atoms with E-state index in [2.05, 4.69) is 10.3 Å². The van der Waals surface area contributed by atoms with Gasteiger partial charge in [0, 0.05) is 5.38 Å². The molecule has 0 bridgehead atoms. The third kappa shape index (κ3) is 2.75. The second-order valence-corrected chi connectivity index (χ2v) is 4.47. The summed E-state index contributed by atoms with van der Waals surface area (Å²) in [5.74, 6) is -0.254. The molecule has 0 atom stereocenters. The molecular formula is C11H10ClN3OS. The van der Waals surface area contributed by atoms with Crippen molar-refractivity contribution in [2.24, 2.45) is 0 Å².